The van der Waals surface area contributed by atoms with Crippen LogP contribution in [-0.2, 0) is 19.1 Å². The number of ether oxygens (including phenoxy) is 1. The Kier molecular flexibility index (Phi) is 6.22. The van der Waals surface area contributed by atoms with Crippen molar-refractivity contribution in [1.29, 1.82) is 0 Å². The van der Waals surface area contributed by atoms with Crippen molar-refractivity contribution in [2.45, 2.75) is 89.6 Å². The second-order valence-electron chi connectivity index (χ2n) is 9.49. The van der Waals surface area contributed by atoms with Crippen LogP contribution in [0.1, 0.15) is 60.3 Å². The molecule has 3 rings (SSSR count). The van der Waals surface area contributed by atoms with Crippen molar-refractivity contribution in [1.82, 2.24) is 15.5 Å². The molecule has 3 fully saturated rings. The maximum atomic E-state index is 13.9. The molecule has 2 unspecified atom stereocenters. The van der Waals surface area contributed by atoms with Gasteiger partial charge in [0.2, 0.25) is 17.7 Å². The van der Waals surface area contributed by atoms with Crippen molar-refractivity contribution in [3.8, 4) is 0 Å². The predicted molar refractivity (Wildman–Crippen MR) is 111 cm³/mol. The zero-order valence-electron chi connectivity index (χ0n) is 19.0. The molecule has 1 spiro atoms. The molecule has 0 aromatic heterocycles. The van der Waals surface area contributed by atoms with Gasteiger partial charge in [-0.05, 0) is 39.0 Å². The number of carbonyl (C=O) groups is 3. The van der Waals surface area contributed by atoms with Gasteiger partial charge in [-0.25, -0.2) is 0 Å². The molecule has 3 heterocycles. The van der Waals surface area contributed by atoms with Crippen LogP contribution in [-0.4, -0.2) is 70.7 Å². The van der Waals surface area contributed by atoms with Crippen molar-refractivity contribution in [3.63, 3.8) is 0 Å². The third kappa shape index (κ3) is 3.06. The topological polar surface area (TPSA) is 108 Å². The second-order valence-corrected chi connectivity index (χ2v) is 9.49. The van der Waals surface area contributed by atoms with Crippen LogP contribution in [0.3, 0.4) is 0 Å². The number of hydrogen-bond acceptors (Lipinski definition) is 5. The van der Waals surface area contributed by atoms with E-state index >= 15 is 0 Å². The lowest BCUT2D eigenvalue weighted by atomic mass is 9.65. The van der Waals surface area contributed by atoms with Crippen molar-refractivity contribution in [2.75, 3.05) is 13.7 Å². The highest BCUT2D eigenvalue weighted by molar-refractivity contribution is 5.99. The molecule has 0 aromatic carbocycles. The molecule has 3 N–H and O–H groups in total. The lowest BCUT2D eigenvalue weighted by molar-refractivity contribution is -0.152. The molecule has 3 aliphatic rings. The molecule has 3 aliphatic heterocycles. The highest BCUT2D eigenvalue weighted by Crippen LogP contribution is 2.64. The molecule has 170 valence electrons. The minimum Gasteiger partial charge on any atom is -0.394 e. The first kappa shape index (κ1) is 23.0. The highest BCUT2D eigenvalue weighted by Gasteiger charge is 2.79. The van der Waals surface area contributed by atoms with E-state index in [1.807, 2.05) is 34.6 Å². The highest BCUT2D eigenvalue weighted by atomic mass is 16.5. The Labute approximate surface area is 179 Å². The van der Waals surface area contributed by atoms with Crippen LogP contribution >= 0.6 is 0 Å². The number of aliphatic hydroxyl groups excluding tert-OH is 1. The summed E-state index contributed by atoms with van der Waals surface area (Å²) in [5, 5.41) is 15.9. The van der Waals surface area contributed by atoms with E-state index in [9.17, 15) is 19.5 Å². The predicted octanol–water partition coefficient (Wildman–Crippen LogP) is 0.819. The average Bonchev–Trinajstić information content (AvgIpc) is 3.31. The van der Waals surface area contributed by atoms with E-state index in [0.717, 1.165) is 6.42 Å². The number of likely N-dealkylation sites (tertiary alicyclic amines) is 1. The van der Waals surface area contributed by atoms with Crippen LogP contribution in [0.5, 0.6) is 0 Å². The first-order valence-electron chi connectivity index (χ1n) is 11.3. The summed E-state index contributed by atoms with van der Waals surface area (Å²) < 4.78 is 6.61. The summed E-state index contributed by atoms with van der Waals surface area (Å²) in [5.74, 6) is -2.09. The van der Waals surface area contributed by atoms with Gasteiger partial charge in [0.1, 0.15) is 11.6 Å². The molecule has 0 saturated carbocycles. The van der Waals surface area contributed by atoms with Gasteiger partial charge < -0.3 is 25.4 Å². The Bertz CT molecular complexity index is 713. The maximum absolute atomic E-state index is 13.9. The lowest BCUT2D eigenvalue weighted by Gasteiger charge is -2.39. The number of rotatable bonds is 8. The lowest BCUT2D eigenvalue weighted by Crippen LogP contribution is -2.59. The summed E-state index contributed by atoms with van der Waals surface area (Å²) in [6.07, 6.45) is 2.54. The molecule has 8 nitrogen and oxygen atoms in total. The molecule has 30 heavy (non-hydrogen) atoms. The van der Waals surface area contributed by atoms with Gasteiger partial charge in [0.15, 0.2) is 0 Å². The van der Waals surface area contributed by atoms with Crippen LogP contribution in [0.15, 0.2) is 0 Å². The largest absolute Gasteiger partial charge is 0.394 e. The molecule has 2 bridgehead atoms. The molecule has 3 amide bonds. The average molecular weight is 424 g/mol. The normalized spacial score (nSPS) is 36.7. The molecular weight excluding hydrogens is 386 g/mol. The van der Waals surface area contributed by atoms with E-state index in [1.54, 1.807) is 11.9 Å². The van der Waals surface area contributed by atoms with E-state index in [4.69, 9.17) is 4.74 Å². The third-order valence-corrected chi connectivity index (χ3v) is 7.67. The molecule has 3 saturated heterocycles. The Hall–Kier alpha value is -1.67. The van der Waals surface area contributed by atoms with Gasteiger partial charge in [-0.1, -0.05) is 27.2 Å². The number of aliphatic hydroxyl groups is 1. The summed E-state index contributed by atoms with van der Waals surface area (Å²) in [6, 6.07) is -1.46. The van der Waals surface area contributed by atoms with E-state index < -0.39 is 35.1 Å². The Morgan fingerprint density at radius 3 is 2.40 bits per heavy atom. The monoisotopic (exact) mass is 423 g/mol. The van der Waals surface area contributed by atoms with Crippen LogP contribution in [0, 0.1) is 17.8 Å². The first-order chi connectivity index (χ1) is 14.1. The minimum atomic E-state index is -1.04. The van der Waals surface area contributed by atoms with Crippen molar-refractivity contribution in [2.24, 2.45) is 17.8 Å². The van der Waals surface area contributed by atoms with Gasteiger partial charge in [-0.15, -0.1) is 0 Å². The van der Waals surface area contributed by atoms with Crippen molar-refractivity contribution in [3.05, 3.63) is 0 Å². The van der Waals surface area contributed by atoms with Gasteiger partial charge in [0.05, 0.1) is 30.1 Å². The summed E-state index contributed by atoms with van der Waals surface area (Å²) in [7, 11) is 1.57. The minimum absolute atomic E-state index is 0.000636. The van der Waals surface area contributed by atoms with E-state index in [2.05, 4.69) is 10.6 Å². The molecule has 8 heteroatoms. The van der Waals surface area contributed by atoms with E-state index in [0.29, 0.717) is 19.3 Å². The number of carbonyl (C=O) groups excluding carboxylic acids is 3. The van der Waals surface area contributed by atoms with Crippen molar-refractivity contribution >= 4 is 17.7 Å². The Morgan fingerprint density at radius 2 is 1.90 bits per heavy atom. The summed E-state index contributed by atoms with van der Waals surface area (Å²) in [5.41, 5.74) is -1.77. The van der Waals surface area contributed by atoms with Crippen LogP contribution in [0.25, 0.3) is 0 Å². The summed E-state index contributed by atoms with van der Waals surface area (Å²) >= 11 is 0. The van der Waals surface area contributed by atoms with Crippen LogP contribution in [0.4, 0.5) is 0 Å². The fraction of sp³-hybridized carbons (Fsp3) is 0.864. The number of hydrogen-bond donors (Lipinski definition) is 3. The fourth-order valence-corrected chi connectivity index (χ4v) is 6.04. The number of amides is 3. The van der Waals surface area contributed by atoms with Crippen LogP contribution < -0.4 is 10.6 Å². The second kappa shape index (κ2) is 8.11. The Balaban J connectivity index is 2.15. The summed E-state index contributed by atoms with van der Waals surface area (Å²) in [6.45, 7) is 9.45. The summed E-state index contributed by atoms with van der Waals surface area (Å²) in [4.78, 5) is 41.8. The van der Waals surface area contributed by atoms with Gasteiger partial charge in [0.25, 0.3) is 0 Å². The van der Waals surface area contributed by atoms with Gasteiger partial charge in [0, 0.05) is 13.1 Å². The van der Waals surface area contributed by atoms with Gasteiger partial charge in [-0.2, -0.15) is 0 Å². The third-order valence-electron chi connectivity index (χ3n) is 7.67. The molecule has 0 aliphatic carbocycles. The Morgan fingerprint density at radius 1 is 1.23 bits per heavy atom. The number of nitrogens with one attached hydrogen (secondary N) is 2. The van der Waals surface area contributed by atoms with Gasteiger partial charge >= 0.3 is 0 Å². The number of fused-ring (bicyclic) bond motifs is 1. The number of nitrogens with zero attached hydrogens (tertiary/aromatic N) is 1. The first-order valence-corrected chi connectivity index (χ1v) is 11.3. The van der Waals surface area contributed by atoms with E-state index in [-0.39, 0.29) is 36.3 Å². The zero-order valence-corrected chi connectivity index (χ0v) is 19.0. The molecular formula is C22H37N3O5. The maximum Gasteiger partial charge on any atom is 0.246 e. The van der Waals surface area contributed by atoms with E-state index in [1.165, 1.54) is 0 Å². The quantitative estimate of drug-likeness (QED) is 0.536. The van der Waals surface area contributed by atoms with Gasteiger partial charge in [-0.3, -0.25) is 14.4 Å². The molecule has 7 atom stereocenters. The molecule has 0 radical (unpaired) electrons. The standard InChI is InChI=1S/C22H37N3O5/c1-7-13(5)14(11-26)25-17(19(28)24-12(3)4)22-10-9-21(8-2,30-22)15(18(27)23-6)16(22)20(25)29/h12-17,26H,7-11H2,1-6H3,(H,23,27)(H,24,28)/t13-,14-,15-,16-,17?,21+,22?/m0/s1. The van der Waals surface area contributed by atoms with Crippen molar-refractivity contribution < 1.29 is 24.2 Å². The SMILES string of the molecule is CC[C@H](C)[C@H](CO)N1C(=O)[C@@H]2[C@@H](C(=O)NC)[C@@]3(CC)CCC2(O3)C1C(=O)NC(C)C. The van der Waals surface area contributed by atoms with Crippen LogP contribution in [0.2, 0.25) is 0 Å². The molecule has 0 aromatic rings. The zero-order chi connectivity index (χ0) is 22.4. The smallest absolute Gasteiger partial charge is 0.246 e. The fourth-order valence-electron chi connectivity index (χ4n) is 6.04.